The van der Waals surface area contributed by atoms with Crippen molar-refractivity contribution in [1.29, 1.82) is 0 Å². The lowest BCUT2D eigenvalue weighted by atomic mass is 10.0. The molecule has 4 rings (SSSR count). The van der Waals surface area contributed by atoms with E-state index < -0.39 is 0 Å². The molecule has 0 saturated carbocycles. The van der Waals surface area contributed by atoms with Crippen LogP contribution >= 0.6 is 11.3 Å². The van der Waals surface area contributed by atoms with Crippen LogP contribution in [0.25, 0.3) is 10.2 Å². The maximum atomic E-state index is 5.81. The van der Waals surface area contributed by atoms with E-state index in [-0.39, 0.29) is 6.04 Å². The van der Waals surface area contributed by atoms with Crippen LogP contribution in [-0.4, -0.2) is 16.5 Å². The van der Waals surface area contributed by atoms with E-state index in [1.165, 1.54) is 11.1 Å². The normalized spacial score (nSPS) is 12.4. The summed E-state index contributed by atoms with van der Waals surface area (Å²) < 4.78 is 5.81. The van der Waals surface area contributed by atoms with Crippen LogP contribution < -0.4 is 4.90 Å². The van der Waals surface area contributed by atoms with E-state index in [1.807, 2.05) is 12.1 Å². The van der Waals surface area contributed by atoms with Crippen molar-refractivity contribution in [2.24, 2.45) is 0 Å². The van der Waals surface area contributed by atoms with Crippen molar-refractivity contribution in [2.45, 2.75) is 26.3 Å². The Kier molecular flexibility index (Phi) is 4.71. The monoisotopic (exact) mass is 363 g/mol. The number of rotatable bonds is 6. The van der Waals surface area contributed by atoms with E-state index in [9.17, 15) is 0 Å². The molecular weight excluding hydrogens is 342 g/mol. The van der Waals surface area contributed by atoms with Crippen LogP contribution in [0.1, 0.15) is 29.9 Å². The third-order valence-corrected chi connectivity index (χ3v) is 5.67. The Bertz CT molecular complexity index is 979. The zero-order valence-corrected chi connectivity index (χ0v) is 15.7. The smallest absolute Gasteiger partial charge is 0.141 e. The van der Waals surface area contributed by atoms with Crippen molar-refractivity contribution in [3.05, 3.63) is 77.3 Å². The van der Waals surface area contributed by atoms with Crippen molar-refractivity contribution >= 4 is 27.4 Å². The number of fused-ring (bicyclic) bond motifs is 1. The summed E-state index contributed by atoms with van der Waals surface area (Å²) in [4.78, 5) is 12.5. The number of hydrogen-bond acceptors (Lipinski definition) is 5. The van der Waals surface area contributed by atoms with Crippen molar-refractivity contribution in [2.75, 3.05) is 11.4 Å². The molecule has 0 bridgehead atoms. The molecule has 0 radical (unpaired) electrons. The summed E-state index contributed by atoms with van der Waals surface area (Å²) in [5.74, 6) is 1.93. The molecule has 0 aliphatic rings. The van der Waals surface area contributed by atoms with Crippen LogP contribution in [0.5, 0.6) is 0 Å². The van der Waals surface area contributed by atoms with Crippen molar-refractivity contribution in [1.82, 2.24) is 9.97 Å². The van der Waals surface area contributed by atoms with Crippen LogP contribution in [0.3, 0.4) is 0 Å². The number of nitrogens with zero attached hydrogens (tertiary/aromatic N) is 3. The molecule has 0 spiro atoms. The molecule has 3 heterocycles. The van der Waals surface area contributed by atoms with Crippen molar-refractivity contribution in [3.8, 4) is 0 Å². The number of hydrogen-bond donors (Lipinski definition) is 0. The Labute approximate surface area is 157 Å². The van der Waals surface area contributed by atoms with Gasteiger partial charge in [-0.15, -0.1) is 11.3 Å². The fourth-order valence-electron chi connectivity index (χ4n) is 3.42. The highest BCUT2D eigenvalue weighted by Gasteiger charge is 2.26. The highest BCUT2D eigenvalue weighted by molar-refractivity contribution is 7.17. The van der Waals surface area contributed by atoms with E-state index in [4.69, 9.17) is 4.42 Å². The maximum Gasteiger partial charge on any atom is 0.141 e. The molecule has 4 aromatic rings. The van der Waals surface area contributed by atoms with Gasteiger partial charge >= 0.3 is 0 Å². The van der Waals surface area contributed by atoms with Gasteiger partial charge in [-0.25, -0.2) is 9.97 Å². The summed E-state index contributed by atoms with van der Waals surface area (Å²) in [6.45, 7) is 5.12. The van der Waals surface area contributed by atoms with Gasteiger partial charge in [-0.2, -0.15) is 0 Å². The minimum Gasteiger partial charge on any atom is -0.467 e. The second kappa shape index (κ2) is 7.30. The van der Waals surface area contributed by atoms with E-state index in [2.05, 4.69) is 64.4 Å². The molecule has 1 aromatic carbocycles. The molecule has 3 aromatic heterocycles. The summed E-state index contributed by atoms with van der Waals surface area (Å²) >= 11 is 1.67. The summed E-state index contributed by atoms with van der Waals surface area (Å²) in [7, 11) is 0. The number of benzene rings is 1. The van der Waals surface area contributed by atoms with Crippen LogP contribution in [0.2, 0.25) is 0 Å². The molecule has 4 nitrogen and oxygen atoms in total. The number of anilines is 1. The minimum absolute atomic E-state index is 0.0785. The second-order valence-electron chi connectivity index (χ2n) is 6.30. The van der Waals surface area contributed by atoms with E-state index in [0.717, 1.165) is 34.8 Å². The number of aryl methyl sites for hydroxylation is 1. The SMILES string of the molecule is CCN(c1ncnc2scc(C)c12)C(Cc1ccccc1)c1ccco1. The van der Waals surface area contributed by atoms with Gasteiger partial charge in [0.2, 0.25) is 0 Å². The fourth-order valence-corrected chi connectivity index (χ4v) is 4.30. The average molecular weight is 363 g/mol. The summed E-state index contributed by atoms with van der Waals surface area (Å²) in [6, 6.07) is 14.6. The average Bonchev–Trinajstić information content (AvgIpc) is 3.33. The quantitative estimate of drug-likeness (QED) is 0.460. The topological polar surface area (TPSA) is 42.2 Å². The lowest BCUT2D eigenvalue weighted by molar-refractivity contribution is 0.446. The van der Waals surface area contributed by atoms with Crippen LogP contribution in [0, 0.1) is 6.92 Å². The molecule has 0 aliphatic heterocycles. The molecule has 26 heavy (non-hydrogen) atoms. The van der Waals surface area contributed by atoms with Crippen LogP contribution in [0.4, 0.5) is 5.82 Å². The first-order valence-electron chi connectivity index (χ1n) is 8.80. The Balaban J connectivity index is 1.81. The highest BCUT2D eigenvalue weighted by atomic mass is 32.1. The minimum atomic E-state index is 0.0785. The Hall–Kier alpha value is -2.66. The molecule has 0 N–H and O–H groups in total. The van der Waals surface area contributed by atoms with Gasteiger partial charge < -0.3 is 9.32 Å². The highest BCUT2D eigenvalue weighted by Crippen LogP contribution is 2.36. The van der Waals surface area contributed by atoms with Gasteiger partial charge in [-0.05, 0) is 42.5 Å². The molecule has 1 unspecified atom stereocenters. The van der Waals surface area contributed by atoms with Gasteiger partial charge in [-0.3, -0.25) is 0 Å². The van der Waals surface area contributed by atoms with Gasteiger partial charge in [0, 0.05) is 13.0 Å². The summed E-state index contributed by atoms with van der Waals surface area (Å²) in [5.41, 5.74) is 2.50. The molecule has 0 fully saturated rings. The first-order valence-corrected chi connectivity index (χ1v) is 9.68. The molecule has 132 valence electrons. The lowest BCUT2D eigenvalue weighted by Crippen LogP contribution is -2.31. The molecular formula is C21H21N3OS. The van der Waals surface area contributed by atoms with Gasteiger partial charge in [0.1, 0.15) is 22.7 Å². The Morgan fingerprint density at radius 2 is 1.96 bits per heavy atom. The first kappa shape index (κ1) is 16.8. The Morgan fingerprint density at radius 1 is 1.12 bits per heavy atom. The largest absolute Gasteiger partial charge is 0.467 e. The van der Waals surface area contributed by atoms with Gasteiger partial charge in [0.25, 0.3) is 0 Å². The maximum absolute atomic E-state index is 5.81. The number of aromatic nitrogens is 2. The van der Waals surface area contributed by atoms with E-state index in [0.29, 0.717) is 0 Å². The number of likely N-dealkylation sites (N-methyl/N-ethyl adjacent to an activating group) is 1. The van der Waals surface area contributed by atoms with E-state index in [1.54, 1.807) is 23.9 Å². The van der Waals surface area contributed by atoms with Gasteiger partial charge in [-0.1, -0.05) is 30.3 Å². The van der Waals surface area contributed by atoms with Crippen LogP contribution in [0.15, 0.2) is 64.9 Å². The molecule has 0 amide bonds. The zero-order valence-electron chi connectivity index (χ0n) is 14.9. The summed E-state index contributed by atoms with van der Waals surface area (Å²) in [6.07, 6.45) is 4.27. The van der Waals surface area contributed by atoms with Gasteiger partial charge in [0.15, 0.2) is 0 Å². The molecule has 1 atom stereocenters. The molecule has 5 heteroatoms. The number of thiophene rings is 1. The van der Waals surface area contributed by atoms with Crippen molar-refractivity contribution < 1.29 is 4.42 Å². The second-order valence-corrected chi connectivity index (χ2v) is 7.16. The molecule has 0 aliphatic carbocycles. The summed E-state index contributed by atoms with van der Waals surface area (Å²) in [5, 5.41) is 3.29. The van der Waals surface area contributed by atoms with Crippen molar-refractivity contribution in [3.63, 3.8) is 0 Å². The lowest BCUT2D eigenvalue weighted by Gasteiger charge is -2.31. The fraction of sp³-hybridized carbons (Fsp3) is 0.238. The predicted octanol–water partition coefficient (Wildman–Crippen LogP) is 5.40. The molecule has 0 saturated heterocycles. The van der Waals surface area contributed by atoms with Gasteiger partial charge in [0.05, 0.1) is 17.7 Å². The third kappa shape index (κ3) is 3.10. The van der Waals surface area contributed by atoms with Crippen LogP contribution in [-0.2, 0) is 6.42 Å². The zero-order chi connectivity index (χ0) is 17.9. The standard InChI is InChI=1S/C21H21N3OS/c1-3-24(20-19-15(2)13-26-21(19)23-14-22-20)17(18-10-7-11-25-18)12-16-8-5-4-6-9-16/h4-11,13-14,17H,3,12H2,1-2H3. The first-order chi connectivity index (χ1) is 12.8. The Morgan fingerprint density at radius 3 is 2.69 bits per heavy atom. The van der Waals surface area contributed by atoms with E-state index >= 15 is 0 Å². The number of furan rings is 1. The third-order valence-electron chi connectivity index (χ3n) is 4.67. The predicted molar refractivity (Wildman–Crippen MR) is 107 cm³/mol.